The number of sulfonamides is 1. The number of nitrogens with zero attached hydrogens (tertiary/aromatic N) is 1. The minimum Gasteiger partial charge on any atom is -0.336 e. The summed E-state index contributed by atoms with van der Waals surface area (Å²) in [6.07, 6.45) is 0. The van der Waals surface area contributed by atoms with E-state index in [0.717, 1.165) is 12.1 Å². The van der Waals surface area contributed by atoms with E-state index in [1.807, 2.05) is 0 Å². The third-order valence-electron chi connectivity index (χ3n) is 4.23. The van der Waals surface area contributed by atoms with Crippen LogP contribution in [0.15, 0.2) is 47.4 Å². The highest BCUT2D eigenvalue weighted by Crippen LogP contribution is 2.23. The maximum absolute atomic E-state index is 13.3. The Bertz CT molecular complexity index is 931. The van der Waals surface area contributed by atoms with Gasteiger partial charge in [0.1, 0.15) is 5.82 Å². The lowest BCUT2D eigenvalue weighted by molar-refractivity contribution is 0.0737. The predicted octanol–water partition coefficient (Wildman–Crippen LogP) is 2.40. The zero-order valence-electron chi connectivity index (χ0n) is 14.7. The molecule has 1 aliphatic heterocycles. The molecule has 2 N–H and O–H groups in total. The van der Waals surface area contributed by atoms with E-state index in [1.165, 1.54) is 13.0 Å². The van der Waals surface area contributed by atoms with E-state index in [-0.39, 0.29) is 34.5 Å². The number of para-hydroxylation sites is 1. The summed E-state index contributed by atoms with van der Waals surface area (Å²) >= 11 is 0. The number of anilines is 1. The Morgan fingerprint density at radius 2 is 1.81 bits per heavy atom. The molecule has 1 aliphatic rings. The molecule has 3 rings (SSSR count). The molecule has 2 aromatic rings. The normalized spacial score (nSPS) is 14.4. The van der Waals surface area contributed by atoms with Crippen LogP contribution in [0.4, 0.5) is 10.1 Å². The van der Waals surface area contributed by atoms with Crippen LogP contribution in [0.3, 0.4) is 0 Å². The van der Waals surface area contributed by atoms with Gasteiger partial charge < -0.3 is 10.2 Å². The molecule has 0 aliphatic carbocycles. The van der Waals surface area contributed by atoms with Gasteiger partial charge >= 0.3 is 0 Å². The van der Waals surface area contributed by atoms with Crippen molar-refractivity contribution < 1.29 is 17.6 Å². The molecular formula is C18H21ClFN3O3S. The topological polar surface area (TPSA) is 78.5 Å². The van der Waals surface area contributed by atoms with Gasteiger partial charge in [-0.25, -0.2) is 12.8 Å². The Morgan fingerprint density at radius 1 is 1.15 bits per heavy atom. The van der Waals surface area contributed by atoms with E-state index in [0.29, 0.717) is 31.7 Å². The smallest absolute Gasteiger partial charge is 0.262 e. The van der Waals surface area contributed by atoms with Crippen LogP contribution in [-0.4, -0.2) is 45.4 Å². The largest absolute Gasteiger partial charge is 0.336 e. The van der Waals surface area contributed by atoms with Crippen LogP contribution in [0.5, 0.6) is 0 Å². The third-order valence-corrected chi connectivity index (χ3v) is 5.76. The number of hydrogen-bond donors (Lipinski definition) is 2. The van der Waals surface area contributed by atoms with Gasteiger partial charge in [-0.1, -0.05) is 12.1 Å². The van der Waals surface area contributed by atoms with Gasteiger partial charge in [-0.3, -0.25) is 9.52 Å². The fourth-order valence-electron chi connectivity index (χ4n) is 2.91. The van der Waals surface area contributed by atoms with Crippen molar-refractivity contribution >= 4 is 34.0 Å². The molecule has 0 aromatic heterocycles. The Balaban J connectivity index is 0.00000261. The first-order valence-corrected chi connectivity index (χ1v) is 9.75. The van der Waals surface area contributed by atoms with Crippen LogP contribution in [0.2, 0.25) is 0 Å². The second-order valence-electron chi connectivity index (χ2n) is 6.10. The zero-order chi connectivity index (χ0) is 18.7. The van der Waals surface area contributed by atoms with Crippen LogP contribution in [0.25, 0.3) is 0 Å². The number of piperazine rings is 1. The summed E-state index contributed by atoms with van der Waals surface area (Å²) in [5.74, 6) is -0.726. The van der Waals surface area contributed by atoms with Crippen molar-refractivity contribution in [1.29, 1.82) is 0 Å². The van der Waals surface area contributed by atoms with Gasteiger partial charge in [-0.15, -0.1) is 12.4 Å². The highest BCUT2D eigenvalue weighted by molar-refractivity contribution is 7.92. The molecule has 2 aromatic carbocycles. The van der Waals surface area contributed by atoms with E-state index in [9.17, 15) is 17.6 Å². The monoisotopic (exact) mass is 413 g/mol. The standard InChI is InChI=1S/C18H20FN3O3S.ClH/c1-13-12-14(19)6-7-17(13)26(24,25)21-16-5-3-2-4-15(16)18(23)22-10-8-20-9-11-22;/h2-7,12,20-21H,8-11H2,1H3;1H. The number of halogens is 2. The van der Waals surface area contributed by atoms with Crippen LogP contribution in [0, 0.1) is 12.7 Å². The first kappa shape index (κ1) is 21.1. The van der Waals surface area contributed by atoms with Crippen molar-refractivity contribution in [3.8, 4) is 0 Å². The number of amides is 1. The van der Waals surface area contributed by atoms with Crippen molar-refractivity contribution in [1.82, 2.24) is 10.2 Å². The molecule has 1 fully saturated rings. The third kappa shape index (κ3) is 4.77. The molecule has 0 spiro atoms. The number of aryl methyl sites for hydroxylation is 1. The summed E-state index contributed by atoms with van der Waals surface area (Å²) in [5, 5.41) is 3.17. The number of benzene rings is 2. The van der Waals surface area contributed by atoms with Gasteiger partial charge in [0.15, 0.2) is 0 Å². The molecule has 0 bridgehead atoms. The Kier molecular flexibility index (Phi) is 6.80. The fourth-order valence-corrected chi connectivity index (χ4v) is 4.22. The molecule has 0 unspecified atom stereocenters. The lowest BCUT2D eigenvalue weighted by atomic mass is 10.1. The molecule has 1 heterocycles. The Hall–Kier alpha value is -2.16. The summed E-state index contributed by atoms with van der Waals surface area (Å²) in [5.41, 5.74) is 0.793. The highest BCUT2D eigenvalue weighted by atomic mass is 35.5. The summed E-state index contributed by atoms with van der Waals surface area (Å²) < 4.78 is 41.2. The van der Waals surface area contributed by atoms with Crippen LogP contribution in [0.1, 0.15) is 15.9 Å². The number of carbonyl (C=O) groups is 1. The molecule has 27 heavy (non-hydrogen) atoms. The van der Waals surface area contributed by atoms with E-state index in [4.69, 9.17) is 0 Å². The Labute approximate surface area is 164 Å². The number of carbonyl (C=O) groups excluding carboxylic acids is 1. The van der Waals surface area contributed by atoms with Crippen molar-refractivity contribution in [3.63, 3.8) is 0 Å². The molecule has 1 saturated heterocycles. The van der Waals surface area contributed by atoms with Crippen LogP contribution >= 0.6 is 12.4 Å². The van der Waals surface area contributed by atoms with E-state index in [2.05, 4.69) is 10.0 Å². The second kappa shape index (κ2) is 8.69. The SMILES string of the molecule is Cc1cc(F)ccc1S(=O)(=O)Nc1ccccc1C(=O)N1CCNCC1.Cl. The molecule has 6 nitrogen and oxygen atoms in total. The first-order chi connectivity index (χ1) is 12.4. The summed E-state index contributed by atoms with van der Waals surface area (Å²) in [6, 6.07) is 9.96. The molecule has 1 amide bonds. The lowest BCUT2D eigenvalue weighted by Gasteiger charge is -2.28. The van der Waals surface area contributed by atoms with E-state index < -0.39 is 15.8 Å². The molecular weight excluding hydrogens is 393 g/mol. The van der Waals surface area contributed by atoms with Crippen molar-refractivity contribution in [2.24, 2.45) is 0 Å². The van der Waals surface area contributed by atoms with Crippen molar-refractivity contribution in [2.45, 2.75) is 11.8 Å². The molecule has 0 radical (unpaired) electrons. The highest BCUT2D eigenvalue weighted by Gasteiger charge is 2.24. The lowest BCUT2D eigenvalue weighted by Crippen LogP contribution is -2.46. The van der Waals surface area contributed by atoms with Crippen LogP contribution < -0.4 is 10.0 Å². The van der Waals surface area contributed by atoms with Gasteiger partial charge in [0.25, 0.3) is 15.9 Å². The minimum absolute atomic E-state index is 0. The van der Waals surface area contributed by atoms with Gasteiger partial charge in [-0.2, -0.15) is 0 Å². The average molecular weight is 414 g/mol. The number of nitrogens with one attached hydrogen (secondary N) is 2. The quantitative estimate of drug-likeness (QED) is 0.806. The molecule has 0 saturated carbocycles. The molecule has 0 atom stereocenters. The minimum atomic E-state index is -3.95. The van der Waals surface area contributed by atoms with Gasteiger partial charge in [0.05, 0.1) is 16.1 Å². The average Bonchev–Trinajstić information content (AvgIpc) is 2.61. The number of hydrogen-bond acceptors (Lipinski definition) is 4. The number of rotatable bonds is 4. The summed E-state index contributed by atoms with van der Waals surface area (Å²) in [4.78, 5) is 14.4. The zero-order valence-corrected chi connectivity index (χ0v) is 16.4. The molecule has 146 valence electrons. The second-order valence-corrected chi connectivity index (χ2v) is 7.75. The van der Waals surface area contributed by atoms with Gasteiger partial charge in [0, 0.05) is 26.2 Å². The maximum atomic E-state index is 13.3. The van der Waals surface area contributed by atoms with E-state index >= 15 is 0 Å². The Morgan fingerprint density at radius 3 is 2.48 bits per heavy atom. The summed E-state index contributed by atoms with van der Waals surface area (Å²) in [6.45, 7) is 4.06. The van der Waals surface area contributed by atoms with Crippen LogP contribution in [-0.2, 0) is 10.0 Å². The van der Waals surface area contributed by atoms with Crippen molar-refractivity contribution in [2.75, 3.05) is 30.9 Å². The first-order valence-electron chi connectivity index (χ1n) is 8.26. The summed E-state index contributed by atoms with van der Waals surface area (Å²) in [7, 11) is -3.95. The van der Waals surface area contributed by atoms with Gasteiger partial charge in [-0.05, 0) is 42.8 Å². The fraction of sp³-hybridized carbons (Fsp3) is 0.278. The predicted molar refractivity (Wildman–Crippen MR) is 104 cm³/mol. The maximum Gasteiger partial charge on any atom is 0.262 e. The van der Waals surface area contributed by atoms with Crippen molar-refractivity contribution in [3.05, 3.63) is 59.4 Å². The van der Waals surface area contributed by atoms with Gasteiger partial charge in [0.2, 0.25) is 0 Å². The van der Waals surface area contributed by atoms with E-state index in [1.54, 1.807) is 29.2 Å². The molecule has 9 heteroatoms.